The van der Waals surface area contributed by atoms with Crippen molar-refractivity contribution in [2.45, 2.75) is 200 Å². The van der Waals surface area contributed by atoms with Gasteiger partial charge in [0.2, 0.25) is 0 Å². The zero-order valence-corrected chi connectivity index (χ0v) is 36.6. The predicted molar refractivity (Wildman–Crippen MR) is 224 cm³/mol. The molecule has 0 heterocycles. The van der Waals surface area contributed by atoms with E-state index in [2.05, 4.69) is 38.2 Å². The Morgan fingerprint density at radius 3 is 1.43 bits per heavy atom. The van der Waals surface area contributed by atoms with Gasteiger partial charge in [0.05, 0.1) is 27.7 Å². The molecule has 0 aliphatic rings. The number of carbonyl (C=O) groups is 2. The summed E-state index contributed by atoms with van der Waals surface area (Å²) in [5.74, 6) is -0.809. The summed E-state index contributed by atoms with van der Waals surface area (Å²) >= 11 is 0. The van der Waals surface area contributed by atoms with Gasteiger partial charge in [-0.3, -0.25) is 18.6 Å². The van der Waals surface area contributed by atoms with Crippen molar-refractivity contribution in [2.24, 2.45) is 0 Å². The molecule has 0 aromatic heterocycles. The fraction of sp³-hybridized carbons (Fsp3) is 0.864. The molecule has 10 heteroatoms. The van der Waals surface area contributed by atoms with E-state index in [-0.39, 0.29) is 32.0 Å². The number of likely N-dealkylation sites (N-methyl/N-ethyl adjacent to an activating group) is 1. The van der Waals surface area contributed by atoms with Gasteiger partial charge in [-0.05, 0) is 57.8 Å². The van der Waals surface area contributed by atoms with Gasteiger partial charge < -0.3 is 18.9 Å². The fourth-order valence-electron chi connectivity index (χ4n) is 5.93. The number of allylic oxidation sites excluding steroid dienone is 4. The Kier molecular flexibility index (Phi) is 36.1. The van der Waals surface area contributed by atoms with Crippen LogP contribution in [0.15, 0.2) is 24.3 Å². The smallest absolute Gasteiger partial charge is 0.462 e. The Balaban J connectivity index is 4.31. The Morgan fingerprint density at radius 1 is 0.556 bits per heavy atom. The van der Waals surface area contributed by atoms with Crippen molar-refractivity contribution in [3.8, 4) is 0 Å². The molecule has 0 amide bonds. The largest absolute Gasteiger partial charge is 0.472 e. The first-order chi connectivity index (χ1) is 26.0. The van der Waals surface area contributed by atoms with Gasteiger partial charge >= 0.3 is 19.8 Å². The van der Waals surface area contributed by atoms with E-state index in [4.69, 9.17) is 18.5 Å². The number of nitrogens with zero attached hydrogens (tertiary/aromatic N) is 1. The summed E-state index contributed by atoms with van der Waals surface area (Å²) in [6.45, 7) is 4.37. The highest BCUT2D eigenvalue weighted by Crippen LogP contribution is 2.43. The molecule has 2 unspecified atom stereocenters. The quantitative estimate of drug-likeness (QED) is 0.0215. The monoisotopic (exact) mass is 787 g/mol. The standard InChI is InChI=1S/C44H84NO8P/c1-6-8-10-12-14-16-18-19-20-21-22-23-24-25-27-29-31-33-35-37-44(47)53-42(41-52-54(48,49)51-39-38-45(3,4)5)40-50-43(46)36-34-32-30-28-26-17-15-13-11-9-7-2/h13,15,19-20,42H,6-12,14,16-18,21-41H2,1-5H3/p+1/b15-13-,20-19-. The Bertz CT molecular complexity index is 980. The van der Waals surface area contributed by atoms with Crippen LogP contribution < -0.4 is 0 Å². The molecule has 0 saturated carbocycles. The number of rotatable bonds is 40. The molecule has 0 aromatic carbocycles. The molecule has 0 rings (SSSR count). The van der Waals surface area contributed by atoms with Crippen molar-refractivity contribution in [2.75, 3.05) is 47.5 Å². The first-order valence-corrected chi connectivity index (χ1v) is 23.6. The maximum atomic E-state index is 12.7. The van der Waals surface area contributed by atoms with Gasteiger partial charge in [-0.1, -0.05) is 147 Å². The average molecular weight is 787 g/mol. The van der Waals surface area contributed by atoms with E-state index < -0.39 is 26.5 Å². The SMILES string of the molecule is CCCC/C=C\CCCCCCCC(=O)OCC(COP(=O)(O)OCC[N+](C)(C)C)OC(=O)CCCCCCCCCCC/C=C\CCCCCCCC. The highest BCUT2D eigenvalue weighted by atomic mass is 31.2. The number of quaternary nitrogens is 1. The second-order valence-electron chi connectivity index (χ2n) is 16.1. The van der Waals surface area contributed by atoms with E-state index in [1.807, 2.05) is 21.1 Å². The van der Waals surface area contributed by atoms with Gasteiger partial charge in [0, 0.05) is 12.8 Å². The van der Waals surface area contributed by atoms with Gasteiger partial charge in [0.15, 0.2) is 6.10 Å². The predicted octanol–water partition coefficient (Wildman–Crippen LogP) is 12.4. The van der Waals surface area contributed by atoms with E-state index >= 15 is 0 Å². The third-order valence-corrected chi connectivity index (χ3v) is 10.4. The topological polar surface area (TPSA) is 108 Å². The van der Waals surface area contributed by atoms with Gasteiger partial charge in [-0.2, -0.15) is 0 Å². The number of unbranched alkanes of at least 4 members (excludes halogenated alkanes) is 22. The number of hydrogen-bond donors (Lipinski definition) is 1. The van der Waals surface area contributed by atoms with Crippen LogP contribution in [-0.2, 0) is 32.7 Å². The zero-order valence-electron chi connectivity index (χ0n) is 35.7. The van der Waals surface area contributed by atoms with Crippen LogP contribution in [0.1, 0.15) is 194 Å². The first-order valence-electron chi connectivity index (χ1n) is 22.1. The molecule has 0 aliphatic heterocycles. The molecule has 0 spiro atoms. The highest BCUT2D eigenvalue weighted by molar-refractivity contribution is 7.47. The molecule has 0 fully saturated rings. The van der Waals surface area contributed by atoms with Crippen molar-refractivity contribution in [1.29, 1.82) is 0 Å². The molecule has 2 atom stereocenters. The van der Waals surface area contributed by atoms with Crippen molar-refractivity contribution in [3.05, 3.63) is 24.3 Å². The molecule has 0 aromatic rings. The van der Waals surface area contributed by atoms with Crippen LogP contribution in [0.25, 0.3) is 0 Å². The molecule has 0 bridgehead atoms. The van der Waals surface area contributed by atoms with Gasteiger partial charge in [0.1, 0.15) is 19.8 Å². The number of carbonyl (C=O) groups excluding carboxylic acids is 2. The van der Waals surface area contributed by atoms with E-state index in [1.54, 1.807) is 0 Å². The van der Waals surface area contributed by atoms with Crippen LogP contribution in [0.5, 0.6) is 0 Å². The minimum absolute atomic E-state index is 0.0311. The number of esters is 2. The van der Waals surface area contributed by atoms with Gasteiger partial charge in [-0.25, -0.2) is 4.57 Å². The molecule has 54 heavy (non-hydrogen) atoms. The summed E-state index contributed by atoms with van der Waals surface area (Å²) < 4.78 is 34.3. The Hall–Kier alpha value is -1.51. The van der Waals surface area contributed by atoms with E-state index in [1.165, 1.54) is 96.3 Å². The van der Waals surface area contributed by atoms with E-state index in [0.29, 0.717) is 17.4 Å². The average Bonchev–Trinajstić information content (AvgIpc) is 3.12. The summed E-state index contributed by atoms with van der Waals surface area (Å²) in [7, 11) is 1.47. The molecule has 0 aliphatic carbocycles. The van der Waals surface area contributed by atoms with Crippen LogP contribution in [0.2, 0.25) is 0 Å². The second-order valence-corrected chi connectivity index (χ2v) is 17.5. The maximum absolute atomic E-state index is 12.7. The minimum Gasteiger partial charge on any atom is -0.462 e. The van der Waals surface area contributed by atoms with Crippen LogP contribution in [0.4, 0.5) is 0 Å². The van der Waals surface area contributed by atoms with Gasteiger partial charge in [0.25, 0.3) is 0 Å². The first kappa shape index (κ1) is 52.5. The Labute approximate surface area is 332 Å². The number of hydrogen-bond acceptors (Lipinski definition) is 7. The Morgan fingerprint density at radius 2 is 0.963 bits per heavy atom. The molecular formula is C44H85NO8P+. The summed E-state index contributed by atoms with van der Waals surface area (Å²) in [6, 6.07) is 0. The highest BCUT2D eigenvalue weighted by Gasteiger charge is 2.27. The lowest BCUT2D eigenvalue weighted by Crippen LogP contribution is -2.37. The summed E-state index contributed by atoms with van der Waals surface area (Å²) in [4.78, 5) is 35.3. The lowest BCUT2D eigenvalue weighted by Gasteiger charge is -2.24. The molecule has 0 radical (unpaired) electrons. The minimum atomic E-state index is -4.37. The van der Waals surface area contributed by atoms with Gasteiger partial charge in [-0.15, -0.1) is 0 Å². The van der Waals surface area contributed by atoms with E-state index in [9.17, 15) is 19.0 Å². The molecular weight excluding hydrogens is 701 g/mol. The summed E-state index contributed by atoms with van der Waals surface area (Å²) in [5, 5.41) is 0. The normalized spacial score (nSPS) is 13.8. The second kappa shape index (κ2) is 37.1. The van der Waals surface area contributed by atoms with Crippen LogP contribution in [0.3, 0.4) is 0 Å². The molecule has 1 N–H and O–H groups in total. The molecule has 0 saturated heterocycles. The lowest BCUT2D eigenvalue weighted by molar-refractivity contribution is -0.870. The molecule has 9 nitrogen and oxygen atoms in total. The van der Waals surface area contributed by atoms with Crippen LogP contribution in [-0.4, -0.2) is 74.9 Å². The van der Waals surface area contributed by atoms with Crippen molar-refractivity contribution >= 4 is 19.8 Å². The number of ether oxygens (including phenoxy) is 2. The number of phosphoric ester groups is 1. The van der Waals surface area contributed by atoms with Crippen molar-refractivity contribution in [3.63, 3.8) is 0 Å². The summed E-state index contributed by atoms with van der Waals surface area (Å²) in [5.41, 5.74) is 0. The third-order valence-electron chi connectivity index (χ3n) is 9.45. The van der Waals surface area contributed by atoms with Crippen LogP contribution in [0, 0.1) is 0 Å². The van der Waals surface area contributed by atoms with Crippen LogP contribution >= 0.6 is 7.82 Å². The lowest BCUT2D eigenvalue weighted by atomic mass is 10.1. The number of phosphoric acid groups is 1. The third kappa shape index (κ3) is 40.2. The maximum Gasteiger partial charge on any atom is 0.472 e. The molecule has 318 valence electrons. The summed E-state index contributed by atoms with van der Waals surface area (Å²) in [6.07, 6.45) is 39.4. The van der Waals surface area contributed by atoms with E-state index in [0.717, 1.165) is 64.2 Å². The van der Waals surface area contributed by atoms with Crippen molar-refractivity contribution < 1.29 is 42.1 Å². The zero-order chi connectivity index (χ0) is 40.0. The fourth-order valence-corrected chi connectivity index (χ4v) is 6.67. The van der Waals surface area contributed by atoms with Crippen molar-refractivity contribution in [1.82, 2.24) is 0 Å².